The van der Waals surface area contributed by atoms with Crippen LogP contribution in [0.3, 0.4) is 0 Å². The zero-order valence-electron chi connectivity index (χ0n) is 63.7. The summed E-state index contributed by atoms with van der Waals surface area (Å²) >= 11 is 0. The second-order valence-electron chi connectivity index (χ2n) is 27.4. The van der Waals surface area contributed by atoms with E-state index in [1.165, 1.54) is 6.92 Å². The predicted octanol–water partition coefficient (Wildman–Crippen LogP) is 2.08. The summed E-state index contributed by atoms with van der Waals surface area (Å²) < 4.78 is 158. The fourth-order valence-corrected chi connectivity index (χ4v) is 14.9. The van der Waals surface area contributed by atoms with Gasteiger partial charge in [-0.1, -0.05) is 52.4 Å². The van der Waals surface area contributed by atoms with Crippen LogP contribution in [0.5, 0.6) is 0 Å². The number of hydrogen-bond acceptors (Lipinski definition) is 34. The first-order chi connectivity index (χ1) is 52.0. The second kappa shape index (κ2) is 58.0. The van der Waals surface area contributed by atoms with Gasteiger partial charge in [-0.2, -0.15) is 0 Å². The Balaban J connectivity index is 1.60. The number of unbranched alkanes of at least 4 members (excludes halogenated alkanes) is 10. The molecule has 21 atom stereocenters. The number of ether oxygens (including phenoxy) is 12. The molecule has 0 aromatic heterocycles. The molecule has 3 aliphatic heterocycles. The highest BCUT2D eigenvalue weighted by molar-refractivity contribution is 7.52. The summed E-state index contributed by atoms with van der Waals surface area (Å²) in [6.07, 6.45) is -5.96. The summed E-state index contributed by atoms with van der Waals surface area (Å²) in [5.74, 6) is -1.89. The zero-order chi connectivity index (χ0) is 80.6. The summed E-state index contributed by atoms with van der Waals surface area (Å²) in [5, 5.41) is 102. The third kappa shape index (κ3) is 43.9. The largest absolute Gasteiger partial charge is 0.472 e. The number of aliphatic hydroxyl groups is 10. The molecule has 3 heterocycles. The molecule has 0 bridgehead atoms. The van der Waals surface area contributed by atoms with Crippen molar-refractivity contribution in [2.45, 2.75) is 216 Å². The van der Waals surface area contributed by atoms with E-state index in [4.69, 9.17) is 88.5 Å². The van der Waals surface area contributed by atoms with Gasteiger partial charge in [-0.3, -0.25) is 36.5 Å². The topological polar surface area (TPSA) is 556 Å². The highest BCUT2D eigenvalue weighted by atomic mass is 31.2. The highest BCUT2D eigenvalue weighted by Gasteiger charge is 2.47. The van der Waals surface area contributed by atoms with Crippen LogP contribution in [0.25, 0.3) is 0 Å². The molecule has 3 saturated heterocycles. The van der Waals surface area contributed by atoms with Gasteiger partial charge in [0, 0.05) is 91.2 Å². The van der Waals surface area contributed by atoms with E-state index in [9.17, 15) is 93.7 Å². The lowest BCUT2D eigenvalue weighted by Gasteiger charge is -2.42. The van der Waals surface area contributed by atoms with E-state index in [1.54, 1.807) is 21.0 Å². The minimum atomic E-state index is -4.85. The third-order valence-electron chi connectivity index (χ3n) is 17.8. The smallest absolute Gasteiger partial charge is 0.396 e. The lowest BCUT2D eigenvalue weighted by molar-refractivity contribution is -0.282. The van der Waals surface area contributed by atoms with E-state index < -0.39 is 160 Å². The fourth-order valence-electron chi connectivity index (χ4n) is 11.3. The minimum Gasteiger partial charge on any atom is -0.396 e. The van der Waals surface area contributed by atoms with Gasteiger partial charge in [-0.25, -0.2) is 13.7 Å². The van der Waals surface area contributed by atoms with E-state index in [0.717, 1.165) is 0 Å². The Hall–Kier alpha value is -0.930. The molecule has 3 aliphatic rings. The first-order valence-corrected chi connectivity index (χ1v) is 44.0. The molecule has 0 spiro atoms. The van der Waals surface area contributed by atoms with Gasteiger partial charge in [-0.05, 0) is 77.0 Å². The number of carbonyl (C=O) groups excluding carboxylic acids is 1. The molecule has 3 rings (SSSR count). The molecule has 109 heavy (non-hydrogen) atoms. The molecule has 0 radical (unpaired) electrons. The number of rotatable bonds is 69. The maximum atomic E-state index is 13.5. The molecule has 1 amide bonds. The maximum absolute atomic E-state index is 13.5. The van der Waals surface area contributed by atoms with Crippen LogP contribution < -0.4 is 5.32 Å². The van der Waals surface area contributed by atoms with Crippen LogP contribution in [0, 0.1) is 23.2 Å². The molecule has 0 aliphatic carbocycles. The predicted molar refractivity (Wildman–Crippen MR) is 385 cm³/mol. The first kappa shape index (κ1) is 102. The number of carbonyl (C=O) groups is 1. The average Bonchev–Trinajstić information content (AvgIpc) is 0.809. The molecular weight excluding hydrogens is 1540 g/mol. The molecule has 648 valence electrons. The van der Waals surface area contributed by atoms with Gasteiger partial charge >= 0.3 is 31.1 Å². The Bertz CT molecular complexity index is 2430. The summed E-state index contributed by atoms with van der Waals surface area (Å²) in [5.41, 5.74) is -1.44. The number of methoxy groups -OCH3 is 1. The molecule has 15 N–H and O–H groups in total. The van der Waals surface area contributed by atoms with Crippen molar-refractivity contribution in [2.75, 3.05) is 178 Å². The first-order valence-electron chi connectivity index (χ1n) is 37.8. The van der Waals surface area contributed by atoms with Gasteiger partial charge in [0.1, 0.15) is 48.8 Å². The lowest BCUT2D eigenvalue weighted by Crippen LogP contribution is -2.64. The van der Waals surface area contributed by atoms with Crippen LogP contribution in [-0.4, -0.2) is 335 Å². The van der Waals surface area contributed by atoms with Gasteiger partial charge < -0.3 is 137 Å². The Morgan fingerprint density at radius 1 is 0.394 bits per heavy atom. The Morgan fingerprint density at radius 3 is 1.12 bits per heavy atom. The maximum Gasteiger partial charge on any atom is 0.472 e. The Labute approximate surface area is 640 Å². The van der Waals surface area contributed by atoms with Gasteiger partial charge in [0.25, 0.3) is 0 Å². The molecule has 0 saturated carbocycles. The van der Waals surface area contributed by atoms with Crippen LogP contribution in [-0.2, 0) is 112 Å². The van der Waals surface area contributed by atoms with Crippen molar-refractivity contribution >= 4 is 37.0 Å². The van der Waals surface area contributed by atoms with Gasteiger partial charge in [0.15, 0.2) is 18.9 Å². The van der Waals surface area contributed by atoms with E-state index in [2.05, 4.69) is 5.32 Å². The van der Waals surface area contributed by atoms with Crippen LogP contribution >= 0.6 is 31.1 Å². The number of amides is 1. The molecule has 43 heteroatoms. The van der Waals surface area contributed by atoms with Crippen molar-refractivity contribution in [3.63, 3.8) is 0 Å². The molecule has 0 aromatic rings. The SMILES string of the molecule is COCCCOCC(CO)COCCCOP(=O)(O)OCC(COCCCCP(=O)(O)OCCCCCCO[C@@H]1OC(CO)[C@H](O)[C@H](O)C1C)(COCCCOP(=O)(O)OCCCCCCO[C@@H]1OC(CO)[C@H](O)[C@H](O)C1C)COCCCOP(=O)(O)OCCCCCCO[C@@H]1OC(CO)[C@H](O)[C@H](O)C1NC(C)=O. The second-order valence-corrected chi connectivity index (χ2v) is 33.8. The van der Waals surface area contributed by atoms with Gasteiger partial charge in [0.2, 0.25) is 5.91 Å². The molecule has 39 nitrogen and oxygen atoms in total. The van der Waals surface area contributed by atoms with Crippen molar-refractivity contribution in [1.29, 1.82) is 0 Å². The van der Waals surface area contributed by atoms with Crippen LogP contribution in [0.15, 0.2) is 0 Å². The van der Waals surface area contributed by atoms with Crippen LogP contribution in [0.1, 0.15) is 136 Å². The fraction of sp³-hybridized carbons (Fsp3) is 0.985. The average molecular weight is 1670 g/mol. The van der Waals surface area contributed by atoms with Crippen molar-refractivity contribution in [1.82, 2.24) is 5.32 Å². The van der Waals surface area contributed by atoms with E-state index in [0.29, 0.717) is 96.7 Å². The number of phosphoric acid groups is 3. The molecule has 3 fully saturated rings. The third-order valence-corrected chi connectivity index (χ3v) is 22.3. The summed E-state index contributed by atoms with van der Waals surface area (Å²) in [6.45, 7) is 1.91. The van der Waals surface area contributed by atoms with E-state index >= 15 is 0 Å². The summed E-state index contributed by atoms with van der Waals surface area (Å²) in [6, 6.07) is -1.09. The normalized spacial score (nSPS) is 27.9. The molecular formula is C66H131NO38P4. The Morgan fingerprint density at radius 2 is 0.725 bits per heavy atom. The van der Waals surface area contributed by atoms with Crippen molar-refractivity contribution in [3.8, 4) is 0 Å². The highest BCUT2D eigenvalue weighted by Crippen LogP contribution is 2.47. The number of nitrogens with one attached hydrogen (secondary N) is 1. The zero-order valence-corrected chi connectivity index (χ0v) is 67.3. The van der Waals surface area contributed by atoms with Crippen molar-refractivity contribution in [3.05, 3.63) is 0 Å². The lowest BCUT2D eigenvalue weighted by atomic mass is 9.92. The molecule has 12 unspecified atom stereocenters. The minimum absolute atomic E-state index is 0.00691. The van der Waals surface area contributed by atoms with Crippen molar-refractivity contribution in [2.24, 2.45) is 23.2 Å². The van der Waals surface area contributed by atoms with E-state index in [-0.39, 0.29) is 170 Å². The standard InChI is InChI=1S/C66H131NO38P4/c1-49-57(73)59(75)53(40-69)103-63(49)93-29-11-5-8-14-32-96-106(79,80)38-18-17-24-90-45-66(48-102-109(85,86)101-35-20-26-89-44-52(39-68)43-88-25-19-23-87-4,46-91-27-21-36-99-107(81,82)97-33-15-9-6-12-30-94-64-50(2)58(74)60(76)54(41-70)104-64)47-92-28-22-37-100-108(83,84)98-34-16-10-7-13-31-95-65-56(67-51(3)72)62(78)61(77)55(42-71)105-65/h49-50,52-65,68-71,73-78H,5-48H2,1-4H3,(H,67,72)(H,79,80)(H,81,82)(H,83,84)(H,85,86)/t49?,50?,52?,53?,54?,55?,56?,57-,58-,59+,60+,61+,62-,63-,64-,65-,66?/m1/s1. The van der Waals surface area contributed by atoms with Crippen LogP contribution in [0.4, 0.5) is 0 Å². The van der Waals surface area contributed by atoms with Crippen molar-refractivity contribution < 1.29 is 182 Å². The number of aliphatic hydroxyl groups excluding tert-OH is 10. The monoisotopic (exact) mass is 1670 g/mol. The summed E-state index contributed by atoms with van der Waals surface area (Å²) in [7, 11) is -16.4. The van der Waals surface area contributed by atoms with Gasteiger partial charge in [0.05, 0.1) is 129 Å². The van der Waals surface area contributed by atoms with E-state index in [1.807, 2.05) is 0 Å². The number of phosphoric ester groups is 3. The molecule has 0 aromatic carbocycles. The Kier molecular flexibility index (Phi) is 54.4. The number of hydrogen-bond donors (Lipinski definition) is 15. The summed E-state index contributed by atoms with van der Waals surface area (Å²) in [4.78, 5) is 54.3. The quantitative estimate of drug-likeness (QED) is 0.0306. The van der Waals surface area contributed by atoms with Gasteiger partial charge in [-0.15, -0.1) is 0 Å². The van der Waals surface area contributed by atoms with Crippen LogP contribution in [0.2, 0.25) is 0 Å².